The number of carbonyl (C=O) groups is 2. The quantitative estimate of drug-likeness (QED) is 0.828. The van der Waals surface area contributed by atoms with Crippen molar-refractivity contribution in [2.45, 2.75) is 6.54 Å². The summed E-state index contributed by atoms with van der Waals surface area (Å²) in [7, 11) is 0. The average Bonchev–Trinajstić information content (AvgIpc) is 2.77. The van der Waals surface area contributed by atoms with E-state index in [2.05, 4.69) is 5.32 Å². The molecule has 0 saturated carbocycles. The maximum absolute atomic E-state index is 11.3. The van der Waals surface area contributed by atoms with E-state index < -0.39 is 11.9 Å². The fourth-order valence-electron chi connectivity index (χ4n) is 1.55. The molecule has 0 unspecified atom stereocenters. The van der Waals surface area contributed by atoms with Gasteiger partial charge in [-0.1, -0.05) is 18.2 Å². The van der Waals surface area contributed by atoms with Crippen LogP contribution in [-0.4, -0.2) is 11.9 Å². The molecule has 1 aromatic carbocycles. The van der Waals surface area contributed by atoms with Crippen molar-refractivity contribution in [3.05, 3.63) is 47.4 Å². The number of benzene rings is 1. The molecule has 0 atom stereocenters. The Labute approximate surface area is 108 Å². The first kappa shape index (κ1) is 12.3. The number of thiophene rings is 1. The first-order valence-electron chi connectivity index (χ1n) is 5.29. The lowest BCUT2D eigenvalue weighted by molar-refractivity contribution is -0.297. The highest BCUT2D eigenvalue weighted by Gasteiger charge is 2.03. The van der Waals surface area contributed by atoms with Gasteiger partial charge in [0.25, 0.3) is 0 Å². The number of hydrogen-bond donors (Lipinski definition) is 1. The molecule has 0 radical (unpaired) electrons. The topological polar surface area (TPSA) is 69.2 Å². The predicted molar refractivity (Wildman–Crippen MR) is 67.8 cm³/mol. The first-order valence-corrected chi connectivity index (χ1v) is 6.17. The van der Waals surface area contributed by atoms with Gasteiger partial charge in [0.15, 0.2) is 0 Å². The van der Waals surface area contributed by atoms with E-state index in [0.29, 0.717) is 12.6 Å². The molecule has 1 heterocycles. The summed E-state index contributed by atoms with van der Waals surface area (Å²) in [6.45, 7) is 0.375. The van der Waals surface area contributed by atoms with Gasteiger partial charge < -0.3 is 15.2 Å². The van der Waals surface area contributed by atoms with Crippen LogP contribution in [0.5, 0.6) is 0 Å². The molecule has 18 heavy (non-hydrogen) atoms. The molecule has 0 aliphatic carbocycles. The predicted octanol–water partition coefficient (Wildman–Crippen LogP) is 0.824. The molecule has 5 heteroatoms. The Kier molecular flexibility index (Phi) is 3.74. The molecule has 2 rings (SSSR count). The SMILES string of the molecule is O=C([O-])C=CC(=O)NCc1csc2ccccc12. The third-order valence-corrected chi connectivity index (χ3v) is 3.40. The molecule has 4 nitrogen and oxygen atoms in total. The van der Waals surface area contributed by atoms with Crippen molar-refractivity contribution in [2.24, 2.45) is 0 Å². The van der Waals surface area contributed by atoms with Gasteiger partial charge in [-0.2, -0.15) is 0 Å². The van der Waals surface area contributed by atoms with E-state index in [1.165, 1.54) is 0 Å². The molecule has 0 spiro atoms. The van der Waals surface area contributed by atoms with Crippen LogP contribution in [0.4, 0.5) is 0 Å². The molecule has 1 N–H and O–H groups in total. The van der Waals surface area contributed by atoms with E-state index in [4.69, 9.17) is 0 Å². The summed E-state index contributed by atoms with van der Waals surface area (Å²) in [6, 6.07) is 7.91. The van der Waals surface area contributed by atoms with E-state index in [9.17, 15) is 14.7 Å². The summed E-state index contributed by atoms with van der Waals surface area (Å²) in [6.07, 6.45) is 1.66. The van der Waals surface area contributed by atoms with Gasteiger partial charge >= 0.3 is 0 Å². The van der Waals surface area contributed by atoms with Crippen LogP contribution in [0.1, 0.15) is 5.56 Å². The van der Waals surface area contributed by atoms with Crippen LogP contribution in [0.2, 0.25) is 0 Å². The van der Waals surface area contributed by atoms with Crippen LogP contribution < -0.4 is 10.4 Å². The molecule has 0 bridgehead atoms. The highest BCUT2D eigenvalue weighted by atomic mass is 32.1. The summed E-state index contributed by atoms with van der Waals surface area (Å²) in [5, 5.41) is 15.8. The Balaban J connectivity index is 2.02. The number of carboxylic acid groups (broad SMARTS) is 1. The van der Waals surface area contributed by atoms with Crippen molar-refractivity contribution in [1.82, 2.24) is 5.32 Å². The van der Waals surface area contributed by atoms with Gasteiger partial charge in [0.1, 0.15) is 0 Å². The zero-order chi connectivity index (χ0) is 13.0. The summed E-state index contributed by atoms with van der Waals surface area (Å²) in [5.41, 5.74) is 1.02. The van der Waals surface area contributed by atoms with Gasteiger partial charge in [0.2, 0.25) is 5.91 Å². The molecule has 0 fully saturated rings. The zero-order valence-electron chi connectivity index (χ0n) is 9.38. The van der Waals surface area contributed by atoms with E-state index in [-0.39, 0.29) is 0 Å². The monoisotopic (exact) mass is 260 g/mol. The molecule has 1 amide bonds. The minimum Gasteiger partial charge on any atom is -0.545 e. The van der Waals surface area contributed by atoms with Crippen LogP contribution in [0.15, 0.2) is 41.8 Å². The lowest BCUT2D eigenvalue weighted by Crippen LogP contribution is -2.23. The highest BCUT2D eigenvalue weighted by Crippen LogP contribution is 2.25. The number of hydrogen-bond acceptors (Lipinski definition) is 4. The van der Waals surface area contributed by atoms with Crippen LogP contribution in [0.25, 0.3) is 10.1 Å². The lowest BCUT2D eigenvalue weighted by Gasteiger charge is -2.01. The Morgan fingerprint density at radius 1 is 1.28 bits per heavy atom. The Hall–Kier alpha value is -2.14. The van der Waals surface area contributed by atoms with Crippen LogP contribution >= 0.6 is 11.3 Å². The number of carbonyl (C=O) groups excluding carboxylic acids is 2. The van der Waals surface area contributed by atoms with Crippen molar-refractivity contribution in [3.8, 4) is 0 Å². The van der Waals surface area contributed by atoms with E-state index >= 15 is 0 Å². The van der Waals surface area contributed by atoms with Crippen LogP contribution in [0.3, 0.4) is 0 Å². The first-order chi connectivity index (χ1) is 8.66. The van der Waals surface area contributed by atoms with Gasteiger partial charge in [-0.3, -0.25) is 4.79 Å². The maximum Gasteiger partial charge on any atom is 0.244 e. The molecular formula is C13H10NO3S-. The van der Waals surface area contributed by atoms with Crippen molar-refractivity contribution in [1.29, 1.82) is 0 Å². The second-order valence-electron chi connectivity index (χ2n) is 3.63. The summed E-state index contributed by atoms with van der Waals surface area (Å²) < 4.78 is 1.16. The summed E-state index contributed by atoms with van der Waals surface area (Å²) in [4.78, 5) is 21.4. The third-order valence-electron chi connectivity index (χ3n) is 2.39. The van der Waals surface area contributed by atoms with Gasteiger partial charge in [0.05, 0.1) is 5.97 Å². The van der Waals surface area contributed by atoms with Gasteiger partial charge in [-0.15, -0.1) is 11.3 Å². The largest absolute Gasteiger partial charge is 0.545 e. The van der Waals surface area contributed by atoms with Crippen LogP contribution in [0, 0.1) is 0 Å². The van der Waals surface area contributed by atoms with E-state index in [1.54, 1.807) is 11.3 Å². The van der Waals surface area contributed by atoms with Crippen molar-refractivity contribution in [2.75, 3.05) is 0 Å². The van der Waals surface area contributed by atoms with Gasteiger partial charge in [-0.05, 0) is 28.5 Å². The second kappa shape index (κ2) is 5.46. The smallest absolute Gasteiger partial charge is 0.244 e. The highest BCUT2D eigenvalue weighted by molar-refractivity contribution is 7.17. The number of fused-ring (bicyclic) bond motifs is 1. The fourth-order valence-corrected chi connectivity index (χ4v) is 2.52. The van der Waals surface area contributed by atoms with Gasteiger partial charge in [-0.25, -0.2) is 0 Å². The molecule has 2 aromatic rings. The van der Waals surface area contributed by atoms with Crippen LogP contribution in [-0.2, 0) is 16.1 Å². The zero-order valence-corrected chi connectivity index (χ0v) is 10.2. The minimum absolute atomic E-state index is 0.375. The second-order valence-corrected chi connectivity index (χ2v) is 4.54. The lowest BCUT2D eigenvalue weighted by atomic mass is 10.2. The molecule has 92 valence electrons. The third kappa shape index (κ3) is 2.95. The average molecular weight is 260 g/mol. The molecule has 0 aliphatic heterocycles. The summed E-state index contributed by atoms with van der Waals surface area (Å²) in [5.74, 6) is -1.83. The van der Waals surface area contributed by atoms with Crippen molar-refractivity contribution < 1.29 is 14.7 Å². The van der Waals surface area contributed by atoms with Gasteiger partial charge in [0, 0.05) is 17.3 Å². The summed E-state index contributed by atoms with van der Waals surface area (Å²) >= 11 is 1.61. The number of amides is 1. The van der Waals surface area contributed by atoms with Crippen molar-refractivity contribution >= 4 is 33.3 Å². The number of nitrogens with one attached hydrogen (secondary N) is 1. The van der Waals surface area contributed by atoms with E-state index in [1.807, 2.05) is 29.6 Å². The number of aliphatic carboxylic acids is 1. The maximum atomic E-state index is 11.3. The normalized spacial score (nSPS) is 10.9. The Morgan fingerprint density at radius 2 is 2.06 bits per heavy atom. The molecular weight excluding hydrogens is 250 g/mol. The molecule has 0 aliphatic rings. The number of rotatable bonds is 4. The van der Waals surface area contributed by atoms with E-state index in [0.717, 1.165) is 21.7 Å². The standard InChI is InChI=1S/C13H11NO3S/c15-12(5-6-13(16)17)14-7-9-8-18-11-4-2-1-3-10(9)11/h1-6,8H,7H2,(H,14,15)(H,16,17)/p-1. The van der Waals surface area contributed by atoms with Crippen molar-refractivity contribution in [3.63, 3.8) is 0 Å². The molecule has 1 aromatic heterocycles. The molecule has 0 saturated heterocycles. The minimum atomic E-state index is -1.38. The Morgan fingerprint density at radius 3 is 2.83 bits per heavy atom. The number of carboxylic acids is 1. The fraction of sp³-hybridized carbons (Fsp3) is 0.0769. The Bertz CT molecular complexity index is 615.